The van der Waals surface area contributed by atoms with Crippen molar-refractivity contribution in [3.63, 3.8) is 0 Å². The maximum Gasteiger partial charge on any atom is 0.159 e. The van der Waals surface area contributed by atoms with E-state index in [1.165, 1.54) is 5.57 Å². The molecule has 0 spiro atoms. The van der Waals surface area contributed by atoms with Crippen LogP contribution in [0.4, 0.5) is 0 Å². The van der Waals surface area contributed by atoms with Crippen molar-refractivity contribution >= 4 is 16.5 Å². The summed E-state index contributed by atoms with van der Waals surface area (Å²) in [5.41, 5.74) is 7.40. The van der Waals surface area contributed by atoms with Crippen LogP contribution in [0, 0.1) is 0 Å². The number of aryl methyl sites for hydroxylation is 1. The molecule has 0 saturated carbocycles. The molecule has 36 heavy (non-hydrogen) atoms. The summed E-state index contributed by atoms with van der Waals surface area (Å²) in [5, 5.41) is 22.2. The maximum atomic E-state index is 9.85. The highest BCUT2D eigenvalue weighted by Gasteiger charge is 2.21. The second-order valence-corrected chi connectivity index (χ2v) is 9.63. The van der Waals surface area contributed by atoms with Gasteiger partial charge in [0, 0.05) is 43.8 Å². The van der Waals surface area contributed by atoms with Gasteiger partial charge in [-0.1, -0.05) is 25.1 Å². The van der Waals surface area contributed by atoms with Crippen LogP contribution in [-0.4, -0.2) is 75.6 Å². The fraction of sp³-hybridized carbons (Fsp3) is 0.357. The van der Waals surface area contributed by atoms with Gasteiger partial charge in [0.15, 0.2) is 5.82 Å². The van der Waals surface area contributed by atoms with Gasteiger partial charge < -0.3 is 20.1 Å². The van der Waals surface area contributed by atoms with Gasteiger partial charge in [-0.2, -0.15) is 5.10 Å². The fourth-order valence-corrected chi connectivity index (χ4v) is 5.29. The van der Waals surface area contributed by atoms with Crippen molar-refractivity contribution in [1.82, 2.24) is 30.4 Å². The number of phenols is 1. The zero-order valence-electron chi connectivity index (χ0n) is 20.6. The third kappa shape index (κ3) is 4.55. The van der Waals surface area contributed by atoms with Crippen LogP contribution >= 0.6 is 0 Å². The molecular formula is C28H32N6O2. The van der Waals surface area contributed by atoms with Crippen molar-refractivity contribution in [1.29, 1.82) is 0 Å². The number of H-pyrrole nitrogens is 2. The number of imidazole rings is 1. The van der Waals surface area contributed by atoms with E-state index in [0.717, 1.165) is 97.0 Å². The quantitative estimate of drug-likeness (QED) is 0.330. The number of ether oxygens (including phenoxy) is 1. The molecule has 0 unspecified atom stereocenters. The van der Waals surface area contributed by atoms with Gasteiger partial charge in [-0.3, -0.25) is 10.00 Å². The lowest BCUT2D eigenvalue weighted by molar-refractivity contribution is 0.0634. The molecule has 6 rings (SSSR count). The summed E-state index contributed by atoms with van der Waals surface area (Å²) in [6.45, 7) is 7.62. The van der Waals surface area contributed by atoms with Crippen LogP contribution in [-0.2, 0) is 11.2 Å². The van der Waals surface area contributed by atoms with Gasteiger partial charge in [0.05, 0.1) is 24.4 Å². The third-order valence-electron chi connectivity index (χ3n) is 7.25. The van der Waals surface area contributed by atoms with Gasteiger partial charge >= 0.3 is 0 Å². The van der Waals surface area contributed by atoms with Gasteiger partial charge in [0.25, 0.3) is 0 Å². The number of rotatable bonds is 6. The number of hydrogen-bond donors (Lipinski definition) is 4. The zero-order valence-corrected chi connectivity index (χ0v) is 20.6. The molecule has 0 bridgehead atoms. The SMILES string of the molecule is CCc1cc(O)ccc1-c1ccc2c(-c3nc(C4=CCN(C[C@@H]5COCCN5)CC4)c[nH]3)n[nH]c2c1. The van der Waals surface area contributed by atoms with Crippen molar-refractivity contribution in [2.45, 2.75) is 25.8 Å². The van der Waals surface area contributed by atoms with E-state index in [1.54, 1.807) is 6.07 Å². The first-order chi connectivity index (χ1) is 17.7. The summed E-state index contributed by atoms with van der Waals surface area (Å²) < 4.78 is 5.59. The lowest BCUT2D eigenvalue weighted by Crippen LogP contribution is -2.49. The molecule has 2 aliphatic rings. The molecule has 1 fully saturated rings. The Labute approximate surface area is 210 Å². The summed E-state index contributed by atoms with van der Waals surface area (Å²) in [7, 11) is 0. The number of hydrogen-bond acceptors (Lipinski definition) is 6. The van der Waals surface area contributed by atoms with Gasteiger partial charge in [-0.15, -0.1) is 0 Å². The summed E-state index contributed by atoms with van der Waals surface area (Å²) in [4.78, 5) is 10.7. The number of aromatic hydroxyl groups is 1. The summed E-state index contributed by atoms with van der Waals surface area (Å²) in [5.74, 6) is 1.07. The first kappa shape index (κ1) is 23.0. The molecule has 1 saturated heterocycles. The third-order valence-corrected chi connectivity index (χ3v) is 7.25. The molecule has 2 aromatic carbocycles. The standard InChI is InChI=1S/C28H32N6O2/c1-2-18-13-22(35)4-6-23(18)20-3-5-24-25(14-20)32-33-27(24)28-30-15-26(31-28)19-7-10-34(11-8-19)16-21-17-36-12-9-29-21/h3-7,13-15,21,29,35H,2,8-12,16-17H2,1H3,(H,30,31)(H,32,33)/t21-/m1/s1. The Kier molecular flexibility index (Phi) is 6.31. The number of morpholine rings is 1. The molecule has 4 heterocycles. The summed E-state index contributed by atoms with van der Waals surface area (Å²) in [6.07, 6.45) is 6.12. The summed E-state index contributed by atoms with van der Waals surface area (Å²) in [6, 6.07) is 12.3. The van der Waals surface area contributed by atoms with E-state index in [-0.39, 0.29) is 0 Å². The van der Waals surface area contributed by atoms with Crippen molar-refractivity contribution in [2.75, 3.05) is 39.4 Å². The molecule has 4 aromatic rings. The Morgan fingerprint density at radius 2 is 2.14 bits per heavy atom. The second kappa shape index (κ2) is 9.89. The number of nitrogens with one attached hydrogen (secondary N) is 3. The predicted molar refractivity (Wildman–Crippen MR) is 142 cm³/mol. The molecule has 2 aromatic heterocycles. The van der Waals surface area contributed by atoms with Crippen LogP contribution < -0.4 is 5.32 Å². The van der Waals surface area contributed by atoms with E-state index < -0.39 is 0 Å². The smallest absolute Gasteiger partial charge is 0.159 e. The topological polar surface area (TPSA) is 102 Å². The van der Waals surface area contributed by atoms with E-state index in [2.05, 4.69) is 56.6 Å². The van der Waals surface area contributed by atoms with E-state index in [0.29, 0.717) is 11.8 Å². The highest BCUT2D eigenvalue weighted by atomic mass is 16.5. The minimum absolute atomic E-state index is 0.297. The van der Waals surface area contributed by atoms with Crippen molar-refractivity contribution < 1.29 is 9.84 Å². The predicted octanol–water partition coefficient (Wildman–Crippen LogP) is 3.97. The minimum atomic E-state index is 0.297. The van der Waals surface area contributed by atoms with E-state index in [4.69, 9.17) is 9.72 Å². The Bertz CT molecular complexity index is 1400. The molecule has 8 heteroatoms. The van der Waals surface area contributed by atoms with E-state index in [9.17, 15) is 5.11 Å². The second-order valence-electron chi connectivity index (χ2n) is 9.63. The normalized spacial score (nSPS) is 19.0. The molecule has 2 aliphatic heterocycles. The first-order valence-electron chi connectivity index (χ1n) is 12.8. The van der Waals surface area contributed by atoms with Gasteiger partial charge in [0.2, 0.25) is 0 Å². The Morgan fingerprint density at radius 3 is 2.94 bits per heavy atom. The van der Waals surface area contributed by atoms with Crippen molar-refractivity contribution in [3.8, 4) is 28.4 Å². The van der Waals surface area contributed by atoms with Gasteiger partial charge in [-0.05, 0) is 59.4 Å². The Balaban J connectivity index is 1.19. The molecule has 8 nitrogen and oxygen atoms in total. The van der Waals surface area contributed by atoms with Crippen LogP contribution in [0.15, 0.2) is 48.7 Å². The summed E-state index contributed by atoms with van der Waals surface area (Å²) >= 11 is 0. The highest BCUT2D eigenvalue weighted by Crippen LogP contribution is 2.32. The van der Waals surface area contributed by atoms with Gasteiger partial charge in [0.1, 0.15) is 11.4 Å². The van der Waals surface area contributed by atoms with Crippen LogP contribution in [0.5, 0.6) is 5.75 Å². The Morgan fingerprint density at radius 1 is 1.19 bits per heavy atom. The molecule has 0 radical (unpaired) electrons. The van der Waals surface area contributed by atoms with Crippen LogP contribution in [0.3, 0.4) is 0 Å². The molecule has 186 valence electrons. The number of fused-ring (bicyclic) bond motifs is 1. The van der Waals surface area contributed by atoms with E-state index >= 15 is 0 Å². The Hall–Kier alpha value is -3.46. The monoisotopic (exact) mass is 484 g/mol. The minimum Gasteiger partial charge on any atom is -0.508 e. The largest absolute Gasteiger partial charge is 0.508 e. The number of aromatic nitrogens is 4. The van der Waals surface area contributed by atoms with Crippen LogP contribution in [0.2, 0.25) is 0 Å². The first-order valence-corrected chi connectivity index (χ1v) is 12.8. The maximum absolute atomic E-state index is 9.85. The zero-order chi connectivity index (χ0) is 24.5. The van der Waals surface area contributed by atoms with Crippen LogP contribution in [0.1, 0.15) is 24.6 Å². The number of nitrogens with zero attached hydrogens (tertiary/aromatic N) is 3. The lowest BCUT2D eigenvalue weighted by atomic mass is 9.97. The molecule has 4 N–H and O–H groups in total. The lowest BCUT2D eigenvalue weighted by Gasteiger charge is -2.32. The van der Waals surface area contributed by atoms with Crippen molar-refractivity contribution in [3.05, 3.63) is 59.9 Å². The molecule has 0 amide bonds. The average Bonchev–Trinajstić information content (AvgIpc) is 3.56. The molecule has 1 atom stereocenters. The van der Waals surface area contributed by atoms with E-state index in [1.807, 2.05) is 18.3 Å². The average molecular weight is 485 g/mol. The number of aromatic amines is 2. The molecular weight excluding hydrogens is 452 g/mol. The van der Waals surface area contributed by atoms with Crippen molar-refractivity contribution in [2.24, 2.45) is 0 Å². The van der Waals surface area contributed by atoms with Crippen LogP contribution in [0.25, 0.3) is 39.1 Å². The highest BCUT2D eigenvalue weighted by molar-refractivity contribution is 5.94. The number of phenolic OH excluding ortho intramolecular Hbond substituents is 1. The van der Waals surface area contributed by atoms with Gasteiger partial charge in [-0.25, -0.2) is 4.98 Å². The molecule has 0 aliphatic carbocycles. The fourth-order valence-electron chi connectivity index (χ4n) is 5.29. The number of benzene rings is 2.